The Morgan fingerprint density at radius 2 is 1.65 bits per heavy atom. The van der Waals surface area contributed by atoms with Crippen LogP contribution in [0.3, 0.4) is 0 Å². The standard InChI is InChI=1S/C13H16ClNO2/c1-8(2)13(17)15-11-6-4-10(5-7-11)12(16)9(3)14/h4-9H,1-3H3,(H,15,17)/t9-/m1/s1. The molecule has 0 aliphatic carbocycles. The molecule has 1 N–H and O–H groups in total. The Kier molecular flexibility index (Phi) is 4.70. The molecule has 17 heavy (non-hydrogen) atoms. The van der Waals surface area contributed by atoms with Gasteiger partial charge in [0.05, 0.1) is 5.38 Å². The largest absolute Gasteiger partial charge is 0.326 e. The highest BCUT2D eigenvalue weighted by Crippen LogP contribution is 2.13. The summed E-state index contributed by atoms with van der Waals surface area (Å²) >= 11 is 5.71. The zero-order chi connectivity index (χ0) is 13.0. The molecule has 92 valence electrons. The van der Waals surface area contributed by atoms with E-state index in [1.807, 2.05) is 13.8 Å². The Labute approximate surface area is 106 Å². The van der Waals surface area contributed by atoms with Gasteiger partial charge in [0, 0.05) is 17.2 Å². The van der Waals surface area contributed by atoms with Crippen LogP contribution < -0.4 is 5.32 Å². The number of nitrogens with one attached hydrogen (secondary N) is 1. The number of amides is 1. The molecule has 4 heteroatoms. The van der Waals surface area contributed by atoms with E-state index in [9.17, 15) is 9.59 Å². The van der Waals surface area contributed by atoms with Crippen LogP contribution in [-0.4, -0.2) is 17.1 Å². The maximum atomic E-state index is 11.6. The van der Waals surface area contributed by atoms with E-state index in [0.717, 1.165) is 0 Å². The molecule has 1 amide bonds. The Balaban J connectivity index is 2.75. The lowest BCUT2D eigenvalue weighted by atomic mass is 10.1. The van der Waals surface area contributed by atoms with Crippen LogP contribution in [0.25, 0.3) is 0 Å². The maximum absolute atomic E-state index is 11.6. The molecule has 0 spiro atoms. The predicted octanol–water partition coefficient (Wildman–Crippen LogP) is 3.09. The molecular weight excluding hydrogens is 238 g/mol. The van der Waals surface area contributed by atoms with Gasteiger partial charge in [-0.05, 0) is 31.2 Å². The Hall–Kier alpha value is -1.35. The Morgan fingerprint density at radius 1 is 1.12 bits per heavy atom. The number of carbonyl (C=O) groups excluding carboxylic acids is 2. The van der Waals surface area contributed by atoms with Crippen molar-refractivity contribution in [2.45, 2.75) is 26.1 Å². The lowest BCUT2D eigenvalue weighted by Crippen LogP contribution is -2.17. The van der Waals surface area contributed by atoms with Crippen LogP contribution in [0.2, 0.25) is 0 Å². The molecule has 3 nitrogen and oxygen atoms in total. The smallest absolute Gasteiger partial charge is 0.226 e. The topological polar surface area (TPSA) is 46.2 Å². The second kappa shape index (κ2) is 5.82. The van der Waals surface area contributed by atoms with Crippen molar-refractivity contribution in [2.75, 3.05) is 5.32 Å². The summed E-state index contributed by atoms with van der Waals surface area (Å²) in [5, 5.41) is 2.22. The first kappa shape index (κ1) is 13.7. The molecule has 0 radical (unpaired) electrons. The fourth-order valence-corrected chi connectivity index (χ4v) is 1.36. The van der Waals surface area contributed by atoms with Crippen molar-refractivity contribution in [2.24, 2.45) is 5.92 Å². The van der Waals surface area contributed by atoms with Crippen LogP contribution >= 0.6 is 11.6 Å². The van der Waals surface area contributed by atoms with E-state index >= 15 is 0 Å². The quantitative estimate of drug-likeness (QED) is 0.662. The summed E-state index contributed by atoms with van der Waals surface area (Å²) in [5.41, 5.74) is 1.23. The van der Waals surface area contributed by atoms with Crippen molar-refractivity contribution in [1.82, 2.24) is 0 Å². The summed E-state index contributed by atoms with van der Waals surface area (Å²) in [4.78, 5) is 23.0. The minimum absolute atomic E-state index is 0.0465. The molecule has 0 heterocycles. The molecule has 0 saturated carbocycles. The Morgan fingerprint density at radius 3 is 2.06 bits per heavy atom. The minimum atomic E-state index is -0.536. The second-order valence-electron chi connectivity index (χ2n) is 4.20. The zero-order valence-electron chi connectivity index (χ0n) is 10.2. The lowest BCUT2D eigenvalue weighted by Gasteiger charge is -2.08. The second-order valence-corrected chi connectivity index (χ2v) is 4.86. The summed E-state index contributed by atoms with van der Waals surface area (Å²) in [7, 11) is 0. The Bertz CT molecular complexity index is 410. The SMILES string of the molecule is CC(C)C(=O)Nc1ccc(C(=O)[C@@H](C)Cl)cc1. The van der Waals surface area contributed by atoms with Crippen molar-refractivity contribution < 1.29 is 9.59 Å². The van der Waals surface area contributed by atoms with Crippen molar-refractivity contribution >= 4 is 29.0 Å². The van der Waals surface area contributed by atoms with Gasteiger partial charge in [-0.3, -0.25) is 9.59 Å². The average Bonchev–Trinajstić information content (AvgIpc) is 2.28. The van der Waals surface area contributed by atoms with Gasteiger partial charge < -0.3 is 5.32 Å². The van der Waals surface area contributed by atoms with Crippen molar-refractivity contribution in [1.29, 1.82) is 0 Å². The van der Waals surface area contributed by atoms with Gasteiger partial charge >= 0.3 is 0 Å². The van der Waals surface area contributed by atoms with E-state index in [1.54, 1.807) is 31.2 Å². The van der Waals surface area contributed by atoms with E-state index in [2.05, 4.69) is 5.32 Å². The van der Waals surface area contributed by atoms with Crippen LogP contribution in [-0.2, 0) is 4.79 Å². The number of Topliss-reactive ketones (excluding diaryl/α,β-unsaturated/α-hetero) is 1. The number of alkyl halides is 1. The molecule has 0 bridgehead atoms. The monoisotopic (exact) mass is 253 g/mol. The molecule has 0 aliphatic heterocycles. The maximum Gasteiger partial charge on any atom is 0.226 e. The molecule has 1 aromatic carbocycles. The van der Waals surface area contributed by atoms with Crippen LogP contribution in [0.5, 0.6) is 0 Å². The van der Waals surface area contributed by atoms with E-state index < -0.39 is 5.38 Å². The third-order valence-electron chi connectivity index (χ3n) is 2.32. The van der Waals surface area contributed by atoms with Crippen molar-refractivity contribution in [3.63, 3.8) is 0 Å². The van der Waals surface area contributed by atoms with Gasteiger partial charge in [0.1, 0.15) is 0 Å². The van der Waals surface area contributed by atoms with Crippen LogP contribution in [0, 0.1) is 5.92 Å². The van der Waals surface area contributed by atoms with Gasteiger partial charge in [0.2, 0.25) is 5.91 Å². The normalized spacial score (nSPS) is 12.3. The molecule has 1 aromatic rings. The third-order valence-corrected chi connectivity index (χ3v) is 2.52. The van der Waals surface area contributed by atoms with E-state index in [0.29, 0.717) is 11.3 Å². The first-order valence-corrected chi connectivity index (χ1v) is 5.94. The molecule has 1 rings (SSSR count). The molecular formula is C13H16ClNO2. The summed E-state index contributed by atoms with van der Waals surface area (Å²) < 4.78 is 0. The molecule has 1 atom stereocenters. The average molecular weight is 254 g/mol. The number of halogens is 1. The van der Waals surface area contributed by atoms with Crippen molar-refractivity contribution in [3.05, 3.63) is 29.8 Å². The molecule has 0 fully saturated rings. The first-order valence-electron chi connectivity index (χ1n) is 5.51. The third kappa shape index (κ3) is 3.86. The molecule has 0 aliphatic rings. The number of ketones is 1. The predicted molar refractivity (Wildman–Crippen MR) is 69.6 cm³/mol. The number of hydrogen-bond donors (Lipinski definition) is 1. The lowest BCUT2D eigenvalue weighted by molar-refractivity contribution is -0.118. The number of rotatable bonds is 4. The van der Waals surface area contributed by atoms with Gasteiger partial charge in [-0.15, -0.1) is 11.6 Å². The van der Waals surface area contributed by atoms with Gasteiger partial charge in [-0.1, -0.05) is 13.8 Å². The summed E-state index contributed by atoms with van der Waals surface area (Å²) in [6, 6.07) is 6.73. The first-order chi connectivity index (χ1) is 7.91. The van der Waals surface area contributed by atoms with Gasteiger partial charge in [-0.25, -0.2) is 0 Å². The van der Waals surface area contributed by atoms with Crippen LogP contribution in [0.1, 0.15) is 31.1 Å². The van der Waals surface area contributed by atoms with Crippen LogP contribution in [0.4, 0.5) is 5.69 Å². The number of hydrogen-bond acceptors (Lipinski definition) is 2. The van der Waals surface area contributed by atoms with Gasteiger partial charge in [0.25, 0.3) is 0 Å². The number of benzene rings is 1. The minimum Gasteiger partial charge on any atom is -0.326 e. The van der Waals surface area contributed by atoms with Gasteiger partial charge in [0.15, 0.2) is 5.78 Å². The van der Waals surface area contributed by atoms with Gasteiger partial charge in [-0.2, -0.15) is 0 Å². The molecule has 0 unspecified atom stereocenters. The van der Waals surface area contributed by atoms with E-state index in [4.69, 9.17) is 11.6 Å². The van der Waals surface area contributed by atoms with E-state index in [1.165, 1.54) is 0 Å². The summed E-state index contributed by atoms with van der Waals surface area (Å²) in [6.07, 6.45) is 0. The summed E-state index contributed by atoms with van der Waals surface area (Å²) in [5.74, 6) is -0.234. The fraction of sp³-hybridized carbons (Fsp3) is 0.385. The number of anilines is 1. The number of carbonyl (C=O) groups is 2. The molecule has 0 saturated heterocycles. The van der Waals surface area contributed by atoms with Crippen LogP contribution in [0.15, 0.2) is 24.3 Å². The van der Waals surface area contributed by atoms with E-state index in [-0.39, 0.29) is 17.6 Å². The zero-order valence-corrected chi connectivity index (χ0v) is 10.9. The highest BCUT2D eigenvalue weighted by atomic mass is 35.5. The van der Waals surface area contributed by atoms with Crippen molar-refractivity contribution in [3.8, 4) is 0 Å². The highest BCUT2D eigenvalue weighted by Gasteiger charge is 2.12. The highest BCUT2D eigenvalue weighted by molar-refractivity contribution is 6.33. The molecule has 0 aromatic heterocycles. The fourth-order valence-electron chi connectivity index (χ4n) is 1.23. The summed E-state index contributed by atoms with van der Waals surface area (Å²) in [6.45, 7) is 5.28.